The summed E-state index contributed by atoms with van der Waals surface area (Å²) in [5.74, 6) is 0.421. The van der Waals surface area contributed by atoms with Gasteiger partial charge in [-0.1, -0.05) is 6.07 Å². The Labute approximate surface area is 119 Å². The van der Waals surface area contributed by atoms with Gasteiger partial charge in [-0.25, -0.2) is 4.39 Å². The number of hydrogen-bond donors (Lipinski definition) is 2. The number of nitrogens with zero attached hydrogens (tertiary/aromatic N) is 1. The predicted octanol–water partition coefficient (Wildman–Crippen LogP) is 2.05. The molecule has 2 N–H and O–H groups in total. The van der Waals surface area contributed by atoms with Gasteiger partial charge in [-0.05, 0) is 49.5 Å². The molecule has 19 heavy (non-hydrogen) atoms. The lowest BCUT2D eigenvalue weighted by molar-refractivity contribution is 0.000409. The Morgan fingerprint density at radius 1 is 1.32 bits per heavy atom. The Morgan fingerprint density at radius 2 is 2.05 bits per heavy atom. The van der Waals surface area contributed by atoms with Crippen LogP contribution in [0, 0.1) is 11.7 Å². The molecule has 1 atom stereocenters. The molecule has 0 bridgehead atoms. The average Bonchev–Trinajstić information content (AvgIpc) is 2.67. The highest BCUT2D eigenvalue weighted by Gasteiger charge is 2.30. The fraction of sp³-hybridized carbons (Fsp3) is 0.571. The van der Waals surface area contributed by atoms with Crippen LogP contribution in [-0.4, -0.2) is 29.6 Å². The first-order valence-corrected chi connectivity index (χ1v) is 6.65. The van der Waals surface area contributed by atoms with Gasteiger partial charge in [0.25, 0.3) is 0 Å². The van der Waals surface area contributed by atoms with Crippen LogP contribution in [0.25, 0.3) is 0 Å². The smallest absolute Gasteiger partial charge is 0.134 e. The van der Waals surface area contributed by atoms with E-state index >= 15 is 0 Å². The number of halogens is 2. The van der Waals surface area contributed by atoms with Crippen LogP contribution in [0.15, 0.2) is 18.2 Å². The second-order valence-electron chi connectivity index (χ2n) is 5.34. The molecule has 0 saturated carbocycles. The molecular formula is C14H20ClFN2O. The van der Waals surface area contributed by atoms with Crippen molar-refractivity contribution in [3.05, 3.63) is 35.1 Å². The molecule has 3 nitrogen and oxygen atoms in total. The zero-order valence-corrected chi connectivity index (χ0v) is 11.6. The first-order chi connectivity index (χ1) is 8.74. The Bertz CT molecular complexity index is 437. The van der Waals surface area contributed by atoms with E-state index in [0.717, 1.165) is 43.6 Å². The number of fused-ring (bicyclic) bond motifs is 1. The van der Waals surface area contributed by atoms with Gasteiger partial charge in [0.1, 0.15) is 12.0 Å². The summed E-state index contributed by atoms with van der Waals surface area (Å²) < 4.78 is 13.2. The molecule has 0 aliphatic carbocycles. The molecule has 2 heterocycles. The van der Waals surface area contributed by atoms with Crippen molar-refractivity contribution in [2.24, 2.45) is 5.92 Å². The molecule has 1 unspecified atom stereocenters. The van der Waals surface area contributed by atoms with Crippen molar-refractivity contribution in [1.29, 1.82) is 0 Å². The van der Waals surface area contributed by atoms with E-state index in [9.17, 15) is 9.50 Å². The lowest BCUT2D eigenvalue weighted by Crippen LogP contribution is -2.35. The zero-order chi connectivity index (χ0) is 12.5. The van der Waals surface area contributed by atoms with Crippen LogP contribution in [0.4, 0.5) is 4.39 Å². The van der Waals surface area contributed by atoms with Crippen molar-refractivity contribution in [3.63, 3.8) is 0 Å². The highest BCUT2D eigenvalue weighted by Crippen LogP contribution is 2.33. The summed E-state index contributed by atoms with van der Waals surface area (Å²) in [4.78, 5) is 2.06. The van der Waals surface area contributed by atoms with Crippen molar-refractivity contribution in [3.8, 4) is 0 Å². The molecule has 5 heteroatoms. The lowest BCUT2D eigenvalue weighted by Gasteiger charge is -2.29. The van der Waals surface area contributed by atoms with E-state index in [1.54, 1.807) is 12.1 Å². The van der Waals surface area contributed by atoms with Crippen molar-refractivity contribution < 1.29 is 9.50 Å². The van der Waals surface area contributed by atoms with Crippen LogP contribution < -0.4 is 5.32 Å². The molecule has 0 aromatic heterocycles. The van der Waals surface area contributed by atoms with E-state index < -0.39 is 6.23 Å². The normalized spacial score (nSPS) is 24.0. The van der Waals surface area contributed by atoms with E-state index in [1.165, 1.54) is 6.07 Å². The molecule has 0 radical (unpaired) electrons. The van der Waals surface area contributed by atoms with Gasteiger partial charge in [-0.3, -0.25) is 4.90 Å². The molecule has 2 aliphatic rings. The van der Waals surface area contributed by atoms with E-state index in [1.807, 2.05) is 0 Å². The number of aliphatic hydroxyl groups is 1. The van der Waals surface area contributed by atoms with E-state index in [2.05, 4.69) is 10.2 Å². The van der Waals surface area contributed by atoms with E-state index in [0.29, 0.717) is 12.5 Å². The van der Waals surface area contributed by atoms with Gasteiger partial charge in [0, 0.05) is 18.7 Å². The van der Waals surface area contributed by atoms with Gasteiger partial charge in [0.05, 0.1) is 0 Å². The third-order valence-electron chi connectivity index (χ3n) is 4.05. The Morgan fingerprint density at radius 3 is 2.79 bits per heavy atom. The van der Waals surface area contributed by atoms with Crippen LogP contribution in [0.3, 0.4) is 0 Å². The fourth-order valence-electron chi connectivity index (χ4n) is 3.03. The minimum Gasteiger partial charge on any atom is -0.374 e. The Hall–Kier alpha value is -0.680. The van der Waals surface area contributed by atoms with Gasteiger partial charge in [-0.15, -0.1) is 12.4 Å². The third kappa shape index (κ3) is 3.08. The number of benzene rings is 1. The molecule has 1 fully saturated rings. The van der Waals surface area contributed by atoms with E-state index in [4.69, 9.17) is 0 Å². The Kier molecular flexibility index (Phi) is 4.79. The maximum atomic E-state index is 13.2. The summed E-state index contributed by atoms with van der Waals surface area (Å²) in [7, 11) is 0. The van der Waals surface area contributed by atoms with E-state index in [-0.39, 0.29) is 18.2 Å². The summed E-state index contributed by atoms with van der Waals surface area (Å²) >= 11 is 0. The molecule has 1 aromatic carbocycles. The second kappa shape index (κ2) is 6.18. The number of aliphatic hydroxyl groups excluding tert-OH is 1. The van der Waals surface area contributed by atoms with Gasteiger partial charge in [0.2, 0.25) is 0 Å². The standard InChI is InChI=1S/C14H19FN2O.ClH/c15-12-1-2-13-11(7-12)9-17(14(13)18)8-10-3-5-16-6-4-10;/h1-2,7,10,14,16,18H,3-6,8-9H2;1H. The number of nitrogens with one attached hydrogen (secondary N) is 1. The number of hydrogen-bond acceptors (Lipinski definition) is 3. The third-order valence-corrected chi connectivity index (χ3v) is 4.05. The molecule has 2 aliphatic heterocycles. The van der Waals surface area contributed by atoms with Gasteiger partial charge < -0.3 is 10.4 Å². The minimum absolute atomic E-state index is 0. The van der Waals surface area contributed by atoms with Crippen LogP contribution in [0.5, 0.6) is 0 Å². The fourth-order valence-corrected chi connectivity index (χ4v) is 3.03. The first kappa shape index (κ1) is 14.7. The molecule has 3 rings (SSSR count). The monoisotopic (exact) mass is 286 g/mol. The minimum atomic E-state index is -0.560. The number of rotatable bonds is 2. The van der Waals surface area contributed by atoms with Gasteiger partial charge in [0.15, 0.2) is 0 Å². The van der Waals surface area contributed by atoms with Crippen molar-refractivity contribution in [2.75, 3.05) is 19.6 Å². The van der Waals surface area contributed by atoms with Crippen molar-refractivity contribution >= 4 is 12.4 Å². The van der Waals surface area contributed by atoms with Gasteiger partial charge >= 0.3 is 0 Å². The summed E-state index contributed by atoms with van der Waals surface area (Å²) in [5, 5.41) is 13.6. The molecule has 0 spiro atoms. The zero-order valence-electron chi connectivity index (χ0n) is 10.8. The summed E-state index contributed by atoms with van der Waals surface area (Å²) in [6.45, 7) is 3.70. The number of piperidine rings is 1. The first-order valence-electron chi connectivity index (χ1n) is 6.65. The maximum absolute atomic E-state index is 13.2. The SMILES string of the molecule is Cl.OC1c2ccc(F)cc2CN1CC1CCNCC1. The average molecular weight is 287 g/mol. The molecule has 106 valence electrons. The molecule has 0 amide bonds. The summed E-state index contributed by atoms with van der Waals surface area (Å²) in [6.07, 6.45) is 1.76. The highest BCUT2D eigenvalue weighted by molar-refractivity contribution is 5.85. The summed E-state index contributed by atoms with van der Waals surface area (Å²) in [6, 6.07) is 4.68. The van der Waals surface area contributed by atoms with Gasteiger partial charge in [-0.2, -0.15) is 0 Å². The van der Waals surface area contributed by atoms with Crippen LogP contribution in [0.1, 0.15) is 30.2 Å². The molecule has 1 saturated heterocycles. The predicted molar refractivity (Wildman–Crippen MR) is 74.6 cm³/mol. The van der Waals surface area contributed by atoms with Crippen LogP contribution in [-0.2, 0) is 6.54 Å². The molecule has 1 aromatic rings. The quantitative estimate of drug-likeness (QED) is 0.873. The van der Waals surface area contributed by atoms with Crippen LogP contribution in [0.2, 0.25) is 0 Å². The Balaban J connectivity index is 0.00000133. The van der Waals surface area contributed by atoms with Crippen LogP contribution >= 0.6 is 12.4 Å². The highest BCUT2D eigenvalue weighted by atomic mass is 35.5. The summed E-state index contributed by atoms with van der Waals surface area (Å²) in [5.41, 5.74) is 1.79. The topological polar surface area (TPSA) is 35.5 Å². The molecular weight excluding hydrogens is 267 g/mol. The second-order valence-corrected chi connectivity index (χ2v) is 5.34. The lowest BCUT2D eigenvalue weighted by atomic mass is 9.97. The van der Waals surface area contributed by atoms with Crippen molar-refractivity contribution in [1.82, 2.24) is 10.2 Å². The largest absolute Gasteiger partial charge is 0.374 e. The maximum Gasteiger partial charge on any atom is 0.134 e. The van der Waals surface area contributed by atoms with Crippen molar-refractivity contribution in [2.45, 2.75) is 25.6 Å².